The van der Waals surface area contributed by atoms with E-state index in [2.05, 4.69) is 5.32 Å². The van der Waals surface area contributed by atoms with Crippen LogP contribution in [-0.4, -0.2) is 42.4 Å². The van der Waals surface area contributed by atoms with Gasteiger partial charge in [0.05, 0.1) is 0 Å². The van der Waals surface area contributed by atoms with Crippen molar-refractivity contribution in [3.63, 3.8) is 0 Å². The van der Waals surface area contributed by atoms with Crippen LogP contribution in [0.3, 0.4) is 0 Å². The third kappa shape index (κ3) is 2.93. The molecule has 22 heavy (non-hydrogen) atoms. The van der Waals surface area contributed by atoms with Crippen LogP contribution in [0.15, 0.2) is 18.2 Å². The highest BCUT2D eigenvalue weighted by molar-refractivity contribution is 6.52. The molecule has 1 aromatic rings. The summed E-state index contributed by atoms with van der Waals surface area (Å²) in [5.74, 6) is -1.54. The molecule has 0 bridgehead atoms. The SMILES string of the molecule is C[B]c1cccc(C(=O)N(C=O)C2CCC(=O)NC2=O)c1C. The van der Waals surface area contributed by atoms with E-state index in [0.717, 1.165) is 15.9 Å². The molecule has 1 aliphatic rings. The number of imide groups is 2. The first kappa shape index (κ1) is 15.9. The van der Waals surface area contributed by atoms with Crippen LogP contribution < -0.4 is 10.8 Å². The van der Waals surface area contributed by atoms with Crippen LogP contribution >= 0.6 is 0 Å². The molecule has 0 spiro atoms. The van der Waals surface area contributed by atoms with Gasteiger partial charge in [-0.1, -0.05) is 24.4 Å². The Morgan fingerprint density at radius 2 is 2.14 bits per heavy atom. The van der Waals surface area contributed by atoms with E-state index in [4.69, 9.17) is 0 Å². The highest BCUT2D eigenvalue weighted by Gasteiger charge is 2.35. The predicted molar refractivity (Wildman–Crippen MR) is 80.8 cm³/mol. The normalized spacial score (nSPS) is 17.6. The zero-order chi connectivity index (χ0) is 16.3. The van der Waals surface area contributed by atoms with E-state index in [1.54, 1.807) is 19.1 Å². The minimum Gasteiger partial charge on any atom is -0.295 e. The second-order valence-electron chi connectivity index (χ2n) is 5.09. The molecule has 1 saturated heterocycles. The van der Waals surface area contributed by atoms with Gasteiger partial charge in [0.25, 0.3) is 5.91 Å². The molecule has 1 N–H and O–H groups in total. The molecule has 1 fully saturated rings. The maximum absolute atomic E-state index is 12.6. The Bertz CT molecular complexity index is 644. The van der Waals surface area contributed by atoms with Crippen LogP contribution in [0.5, 0.6) is 0 Å². The Labute approximate surface area is 129 Å². The van der Waals surface area contributed by atoms with E-state index < -0.39 is 23.8 Å². The van der Waals surface area contributed by atoms with E-state index in [1.807, 2.05) is 20.2 Å². The van der Waals surface area contributed by atoms with Crippen molar-refractivity contribution in [1.29, 1.82) is 0 Å². The summed E-state index contributed by atoms with van der Waals surface area (Å²) in [6.45, 7) is 3.64. The smallest absolute Gasteiger partial charge is 0.261 e. The third-order valence-electron chi connectivity index (χ3n) is 3.81. The number of benzene rings is 1. The maximum atomic E-state index is 12.6. The summed E-state index contributed by atoms with van der Waals surface area (Å²) in [6.07, 6.45) is 0.605. The zero-order valence-electron chi connectivity index (χ0n) is 12.5. The molecule has 1 aliphatic heterocycles. The fourth-order valence-electron chi connectivity index (χ4n) is 2.55. The molecule has 7 heteroatoms. The van der Waals surface area contributed by atoms with Crippen molar-refractivity contribution in [3.05, 3.63) is 29.3 Å². The summed E-state index contributed by atoms with van der Waals surface area (Å²) < 4.78 is 0. The number of nitrogens with zero attached hydrogens (tertiary/aromatic N) is 1. The number of hydrogen-bond acceptors (Lipinski definition) is 4. The Kier molecular flexibility index (Phi) is 4.75. The summed E-state index contributed by atoms with van der Waals surface area (Å²) >= 11 is 0. The topological polar surface area (TPSA) is 83.6 Å². The van der Waals surface area contributed by atoms with Crippen LogP contribution in [0.4, 0.5) is 0 Å². The first-order chi connectivity index (χ1) is 10.5. The van der Waals surface area contributed by atoms with Gasteiger partial charge in [-0.25, -0.2) is 0 Å². The van der Waals surface area contributed by atoms with E-state index in [1.165, 1.54) is 0 Å². The van der Waals surface area contributed by atoms with Crippen molar-refractivity contribution in [2.24, 2.45) is 0 Å². The largest absolute Gasteiger partial charge is 0.295 e. The molecule has 4 amide bonds. The van der Waals surface area contributed by atoms with Gasteiger partial charge in [0.1, 0.15) is 13.3 Å². The van der Waals surface area contributed by atoms with Gasteiger partial charge in [-0.3, -0.25) is 29.4 Å². The fraction of sp³-hybridized carbons (Fsp3) is 0.333. The Morgan fingerprint density at radius 1 is 1.41 bits per heavy atom. The van der Waals surface area contributed by atoms with Gasteiger partial charge in [-0.05, 0) is 25.0 Å². The molecule has 1 atom stereocenters. The zero-order valence-corrected chi connectivity index (χ0v) is 12.5. The van der Waals surface area contributed by atoms with E-state index in [9.17, 15) is 19.2 Å². The molecule has 1 aromatic carbocycles. The van der Waals surface area contributed by atoms with Gasteiger partial charge in [0.2, 0.25) is 18.2 Å². The molecular weight excluding hydrogens is 283 g/mol. The molecular formula is C15H16BN2O4. The molecule has 1 heterocycles. The molecule has 0 saturated carbocycles. The summed E-state index contributed by atoms with van der Waals surface area (Å²) in [7, 11) is 1.86. The summed E-state index contributed by atoms with van der Waals surface area (Å²) in [6, 6.07) is 4.26. The average molecular weight is 299 g/mol. The number of hydrogen-bond donors (Lipinski definition) is 1. The van der Waals surface area contributed by atoms with E-state index in [-0.39, 0.29) is 12.8 Å². The molecule has 2 rings (SSSR count). The van der Waals surface area contributed by atoms with Crippen molar-refractivity contribution >= 4 is 36.9 Å². The molecule has 113 valence electrons. The van der Waals surface area contributed by atoms with Gasteiger partial charge in [0, 0.05) is 12.0 Å². The van der Waals surface area contributed by atoms with Crippen LogP contribution in [0.2, 0.25) is 6.82 Å². The third-order valence-corrected chi connectivity index (χ3v) is 3.81. The highest BCUT2D eigenvalue weighted by Crippen LogP contribution is 2.16. The Morgan fingerprint density at radius 3 is 2.73 bits per heavy atom. The second kappa shape index (κ2) is 6.55. The highest BCUT2D eigenvalue weighted by atomic mass is 16.2. The number of carbonyl (C=O) groups is 4. The van der Waals surface area contributed by atoms with E-state index >= 15 is 0 Å². The molecule has 0 aromatic heterocycles. The Hall–Kier alpha value is -2.44. The standard InChI is InChI=1S/C15H16BN2O4/c1-9-10(4-3-5-11(9)16-2)15(22)18(8-19)12-6-7-13(20)17-14(12)21/h3-5,8,12H,6-7H2,1-2H3,(H,17,20,21). The first-order valence-corrected chi connectivity index (χ1v) is 7.00. The lowest BCUT2D eigenvalue weighted by atomic mass is 9.70. The number of amides is 4. The van der Waals surface area contributed by atoms with Gasteiger partial charge in [-0.15, -0.1) is 0 Å². The van der Waals surface area contributed by atoms with Gasteiger partial charge < -0.3 is 0 Å². The summed E-state index contributed by atoms with van der Waals surface area (Å²) in [5, 5.41) is 2.15. The Balaban J connectivity index is 2.32. The molecule has 1 unspecified atom stereocenters. The van der Waals surface area contributed by atoms with Gasteiger partial charge >= 0.3 is 0 Å². The predicted octanol–water partition coefficient (Wildman–Crippen LogP) is -0.224. The molecule has 6 nitrogen and oxygen atoms in total. The lowest BCUT2D eigenvalue weighted by Gasteiger charge is -2.28. The van der Waals surface area contributed by atoms with Crippen LogP contribution in [0.1, 0.15) is 28.8 Å². The van der Waals surface area contributed by atoms with Gasteiger partial charge in [0.15, 0.2) is 0 Å². The van der Waals surface area contributed by atoms with Crippen molar-refractivity contribution in [3.8, 4) is 0 Å². The minimum atomic E-state index is -0.948. The van der Waals surface area contributed by atoms with Crippen LogP contribution in [0.25, 0.3) is 0 Å². The first-order valence-electron chi connectivity index (χ1n) is 7.00. The number of rotatable bonds is 4. The molecule has 1 radical (unpaired) electrons. The van der Waals surface area contributed by atoms with Gasteiger partial charge in [-0.2, -0.15) is 0 Å². The van der Waals surface area contributed by atoms with E-state index in [0.29, 0.717) is 12.0 Å². The summed E-state index contributed by atoms with van der Waals surface area (Å²) in [4.78, 5) is 47.9. The van der Waals surface area contributed by atoms with Crippen LogP contribution in [-0.2, 0) is 14.4 Å². The number of carbonyl (C=O) groups excluding carboxylic acids is 4. The van der Waals surface area contributed by atoms with Crippen molar-refractivity contribution in [2.75, 3.05) is 0 Å². The molecule has 0 aliphatic carbocycles. The van der Waals surface area contributed by atoms with Crippen LogP contribution in [0, 0.1) is 6.92 Å². The maximum Gasteiger partial charge on any atom is 0.261 e. The average Bonchev–Trinajstić information content (AvgIpc) is 2.50. The minimum absolute atomic E-state index is 0.107. The fourth-order valence-corrected chi connectivity index (χ4v) is 2.55. The second-order valence-corrected chi connectivity index (χ2v) is 5.09. The lowest BCUT2D eigenvalue weighted by Crippen LogP contribution is -2.54. The summed E-state index contributed by atoms with van der Waals surface area (Å²) in [5.41, 5.74) is 2.00. The quantitative estimate of drug-likeness (QED) is 0.473. The number of nitrogens with one attached hydrogen (secondary N) is 1. The lowest BCUT2D eigenvalue weighted by molar-refractivity contribution is -0.139. The van der Waals surface area contributed by atoms with Crippen molar-refractivity contribution < 1.29 is 19.2 Å². The van der Waals surface area contributed by atoms with Crippen molar-refractivity contribution in [2.45, 2.75) is 32.6 Å². The van der Waals surface area contributed by atoms with Crippen molar-refractivity contribution in [1.82, 2.24) is 10.2 Å². The number of piperidine rings is 1. The monoisotopic (exact) mass is 299 g/mol.